The Labute approximate surface area is 157 Å². The molecule has 0 saturated carbocycles. The van der Waals surface area contributed by atoms with Crippen molar-refractivity contribution in [3.8, 4) is 11.1 Å². The van der Waals surface area contributed by atoms with E-state index in [1.165, 1.54) is 32.7 Å². The number of hydrogen-bond acceptors (Lipinski definition) is 4. The summed E-state index contributed by atoms with van der Waals surface area (Å²) in [5, 5.41) is 4.64. The van der Waals surface area contributed by atoms with Crippen molar-refractivity contribution in [1.82, 2.24) is 9.97 Å². The van der Waals surface area contributed by atoms with Crippen LogP contribution in [0, 0.1) is 27.7 Å². The SMILES string of the molecule is Cc1ccc(-c2c(C)sc3ncnc(Nc4cc(C)ccc4C)c23)cc1. The molecule has 0 radical (unpaired) electrons. The molecule has 0 aliphatic rings. The molecular formula is C22H21N3S. The van der Waals surface area contributed by atoms with Crippen molar-refractivity contribution in [3.05, 3.63) is 70.4 Å². The first kappa shape index (κ1) is 16.7. The smallest absolute Gasteiger partial charge is 0.143 e. The average molecular weight is 359 g/mol. The first-order chi connectivity index (χ1) is 12.5. The third kappa shape index (κ3) is 2.97. The van der Waals surface area contributed by atoms with Crippen LogP contribution in [0.3, 0.4) is 0 Å². The normalized spacial score (nSPS) is 11.1. The van der Waals surface area contributed by atoms with Crippen LogP contribution in [-0.2, 0) is 0 Å². The van der Waals surface area contributed by atoms with E-state index < -0.39 is 0 Å². The molecule has 0 aliphatic heterocycles. The molecule has 2 aromatic heterocycles. The van der Waals surface area contributed by atoms with Gasteiger partial charge in [0.15, 0.2) is 0 Å². The molecule has 0 fully saturated rings. The first-order valence-electron chi connectivity index (χ1n) is 8.68. The second-order valence-corrected chi connectivity index (χ2v) is 7.95. The van der Waals surface area contributed by atoms with Crippen LogP contribution in [0.1, 0.15) is 21.6 Å². The highest BCUT2D eigenvalue weighted by Crippen LogP contribution is 2.41. The summed E-state index contributed by atoms with van der Waals surface area (Å²) < 4.78 is 0. The lowest BCUT2D eigenvalue weighted by atomic mass is 10.0. The zero-order valence-corrected chi connectivity index (χ0v) is 16.2. The molecule has 26 heavy (non-hydrogen) atoms. The number of rotatable bonds is 3. The highest BCUT2D eigenvalue weighted by Gasteiger charge is 2.17. The predicted octanol–water partition coefficient (Wildman–Crippen LogP) is 6.34. The molecule has 4 heteroatoms. The quantitative estimate of drug-likeness (QED) is 0.464. The number of anilines is 2. The number of fused-ring (bicyclic) bond motifs is 1. The van der Waals surface area contributed by atoms with Crippen LogP contribution < -0.4 is 5.32 Å². The van der Waals surface area contributed by atoms with Gasteiger partial charge in [-0.05, 0) is 50.5 Å². The molecule has 1 N–H and O–H groups in total. The molecule has 0 unspecified atom stereocenters. The molecular weight excluding hydrogens is 338 g/mol. The maximum Gasteiger partial charge on any atom is 0.143 e. The standard InChI is InChI=1S/C22H21N3S/c1-13-6-9-17(10-7-13)19-16(4)26-22-20(19)21(23-12-24-22)25-18-11-14(2)5-8-15(18)3/h5-12H,1-4H3,(H,23,24,25). The van der Waals surface area contributed by atoms with Crippen LogP contribution in [0.25, 0.3) is 21.3 Å². The Balaban J connectivity index is 1.90. The summed E-state index contributed by atoms with van der Waals surface area (Å²) >= 11 is 1.72. The van der Waals surface area contributed by atoms with E-state index in [4.69, 9.17) is 0 Å². The van der Waals surface area contributed by atoms with E-state index in [-0.39, 0.29) is 0 Å². The van der Waals surface area contributed by atoms with Gasteiger partial charge in [0.2, 0.25) is 0 Å². The molecule has 3 nitrogen and oxygen atoms in total. The minimum atomic E-state index is 0.864. The van der Waals surface area contributed by atoms with Crippen LogP contribution in [0.5, 0.6) is 0 Å². The number of nitrogens with zero attached hydrogens (tertiary/aromatic N) is 2. The van der Waals surface area contributed by atoms with Crippen molar-refractivity contribution in [2.24, 2.45) is 0 Å². The number of aryl methyl sites for hydroxylation is 4. The molecule has 2 aromatic carbocycles. The van der Waals surface area contributed by atoms with Gasteiger partial charge in [-0.15, -0.1) is 11.3 Å². The summed E-state index contributed by atoms with van der Waals surface area (Å²) in [5.74, 6) is 0.864. The van der Waals surface area contributed by atoms with Crippen LogP contribution in [-0.4, -0.2) is 9.97 Å². The van der Waals surface area contributed by atoms with E-state index in [2.05, 4.69) is 85.4 Å². The number of thiophene rings is 1. The average Bonchev–Trinajstić information content (AvgIpc) is 2.96. The van der Waals surface area contributed by atoms with Gasteiger partial charge in [0.05, 0.1) is 5.39 Å². The van der Waals surface area contributed by atoms with Crippen molar-refractivity contribution in [3.63, 3.8) is 0 Å². The van der Waals surface area contributed by atoms with Gasteiger partial charge < -0.3 is 5.32 Å². The summed E-state index contributed by atoms with van der Waals surface area (Å²) in [6.07, 6.45) is 1.64. The lowest BCUT2D eigenvalue weighted by Crippen LogP contribution is -1.98. The minimum absolute atomic E-state index is 0.864. The van der Waals surface area contributed by atoms with E-state index in [9.17, 15) is 0 Å². The van der Waals surface area contributed by atoms with Crippen molar-refractivity contribution in [1.29, 1.82) is 0 Å². The summed E-state index contributed by atoms with van der Waals surface area (Å²) in [4.78, 5) is 11.4. The summed E-state index contributed by atoms with van der Waals surface area (Å²) in [6, 6.07) is 15.1. The van der Waals surface area contributed by atoms with Gasteiger partial charge >= 0.3 is 0 Å². The Morgan fingerprint density at radius 1 is 0.846 bits per heavy atom. The van der Waals surface area contributed by atoms with Gasteiger partial charge in [0.25, 0.3) is 0 Å². The largest absolute Gasteiger partial charge is 0.339 e. The Morgan fingerprint density at radius 2 is 1.58 bits per heavy atom. The zero-order chi connectivity index (χ0) is 18.3. The van der Waals surface area contributed by atoms with Crippen LogP contribution >= 0.6 is 11.3 Å². The maximum atomic E-state index is 4.57. The number of benzene rings is 2. The monoisotopic (exact) mass is 359 g/mol. The Morgan fingerprint density at radius 3 is 2.35 bits per heavy atom. The van der Waals surface area contributed by atoms with Gasteiger partial charge in [-0.1, -0.05) is 42.0 Å². The summed E-state index contributed by atoms with van der Waals surface area (Å²) in [5.41, 5.74) is 7.20. The van der Waals surface area contributed by atoms with E-state index in [1.807, 2.05) is 0 Å². The van der Waals surface area contributed by atoms with Gasteiger partial charge in [-0.2, -0.15) is 0 Å². The third-order valence-electron chi connectivity index (χ3n) is 4.65. The van der Waals surface area contributed by atoms with Crippen molar-refractivity contribution >= 4 is 33.1 Å². The summed E-state index contributed by atoms with van der Waals surface area (Å²) in [6.45, 7) is 8.48. The van der Waals surface area contributed by atoms with E-state index in [0.29, 0.717) is 0 Å². The van der Waals surface area contributed by atoms with E-state index in [1.54, 1.807) is 17.7 Å². The Kier molecular flexibility index (Phi) is 4.21. The van der Waals surface area contributed by atoms with Gasteiger partial charge in [0.1, 0.15) is 17.0 Å². The predicted molar refractivity (Wildman–Crippen MR) is 112 cm³/mol. The Hall–Kier alpha value is -2.72. The van der Waals surface area contributed by atoms with E-state index in [0.717, 1.165) is 21.7 Å². The Bertz CT molecular complexity index is 1090. The zero-order valence-electron chi connectivity index (χ0n) is 15.4. The fourth-order valence-electron chi connectivity index (χ4n) is 3.20. The van der Waals surface area contributed by atoms with Crippen molar-refractivity contribution in [2.45, 2.75) is 27.7 Å². The molecule has 0 aliphatic carbocycles. The molecule has 0 atom stereocenters. The van der Waals surface area contributed by atoms with Gasteiger partial charge in [0, 0.05) is 16.1 Å². The van der Waals surface area contributed by atoms with Crippen LogP contribution in [0.2, 0.25) is 0 Å². The topological polar surface area (TPSA) is 37.8 Å². The second-order valence-electron chi connectivity index (χ2n) is 6.75. The first-order valence-corrected chi connectivity index (χ1v) is 9.50. The fourth-order valence-corrected chi connectivity index (χ4v) is 4.22. The lowest BCUT2D eigenvalue weighted by molar-refractivity contribution is 1.22. The third-order valence-corrected chi connectivity index (χ3v) is 5.66. The highest BCUT2D eigenvalue weighted by molar-refractivity contribution is 7.19. The maximum absolute atomic E-state index is 4.57. The molecule has 4 rings (SSSR count). The molecule has 0 spiro atoms. The molecule has 130 valence electrons. The van der Waals surface area contributed by atoms with Crippen molar-refractivity contribution < 1.29 is 0 Å². The molecule has 4 aromatic rings. The molecule has 2 heterocycles. The minimum Gasteiger partial charge on any atom is -0.339 e. The van der Waals surface area contributed by atoms with Crippen LogP contribution in [0.15, 0.2) is 48.8 Å². The van der Waals surface area contributed by atoms with Crippen molar-refractivity contribution in [2.75, 3.05) is 5.32 Å². The number of hydrogen-bond donors (Lipinski definition) is 1. The van der Waals surface area contributed by atoms with Gasteiger partial charge in [-0.3, -0.25) is 0 Å². The fraction of sp³-hybridized carbons (Fsp3) is 0.182. The number of nitrogens with one attached hydrogen (secondary N) is 1. The molecule has 0 amide bonds. The molecule has 0 bridgehead atoms. The van der Waals surface area contributed by atoms with E-state index >= 15 is 0 Å². The number of aromatic nitrogens is 2. The summed E-state index contributed by atoms with van der Waals surface area (Å²) in [7, 11) is 0. The van der Waals surface area contributed by atoms with Crippen LogP contribution in [0.4, 0.5) is 11.5 Å². The van der Waals surface area contributed by atoms with Gasteiger partial charge in [-0.25, -0.2) is 9.97 Å². The highest BCUT2D eigenvalue weighted by atomic mass is 32.1. The lowest BCUT2D eigenvalue weighted by Gasteiger charge is -2.12. The second kappa shape index (κ2) is 6.54. The molecule has 0 saturated heterocycles.